The molecule has 27 heavy (non-hydrogen) atoms. The van der Waals surface area contributed by atoms with Gasteiger partial charge in [0.1, 0.15) is 17.3 Å². The maximum absolute atomic E-state index is 12.5. The first kappa shape index (κ1) is 19.1. The maximum atomic E-state index is 12.5. The highest BCUT2D eigenvalue weighted by Gasteiger charge is 2.22. The average Bonchev–Trinajstić information content (AvgIpc) is 2.74. The van der Waals surface area contributed by atoms with E-state index in [4.69, 9.17) is 4.74 Å². The highest BCUT2D eigenvalue weighted by atomic mass is 16.5. The number of likely N-dealkylation sites (N-methyl/N-ethyl adjacent to an activating group) is 1. The Labute approximate surface area is 160 Å². The number of aromatic nitrogens is 2. The van der Waals surface area contributed by atoms with E-state index in [0.29, 0.717) is 18.1 Å². The lowest BCUT2D eigenvalue weighted by molar-refractivity contribution is 0.0637. The summed E-state index contributed by atoms with van der Waals surface area (Å²) in [5, 5.41) is 3.24. The minimum Gasteiger partial charge on any atom is -0.496 e. The number of benzene rings is 1. The van der Waals surface area contributed by atoms with Crippen LogP contribution < -0.4 is 10.1 Å². The Morgan fingerprint density at radius 2 is 1.93 bits per heavy atom. The van der Waals surface area contributed by atoms with Crippen LogP contribution in [0.25, 0.3) is 0 Å². The fourth-order valence-electron chi connectivity index (χ4n) is 3.19. The highest BCUT2D eigenvalue weighted by Crippen LogP contribution is 2.17. The molecular formula is C20H27N5O2. The second kappa shape index (κ2) is 9.32. The van der Waals surface area contributed by atoms with Gasteiger partial charge in [-0.15, -0.1) is 0 Å². The third kappa shape index (κ3) is 4.95. The molecule has 1 aliphatic rings. The lowest BCUT2D eigenvalue weighted by atomic mass is 10.1. The van der Waals surface area contributed by atoms with Gasteiger partial charge in [-0.2, -0.15) is 0 Å². The molecule has 1 fully saturated rings. The number of amides is 1. The number of piperazine rings is 1. The molecule has 0 radical (unpaired) electrons. The number of nitrogens with zero attached hydrogens (tertiary/aromatic N) is 4. The van der Waals surface area contributed by atoms with Crippen molar-refractivity contribution in [2.45, 2.75) is 13.3 Å². The summed E-state index contributed by atoms with van der Waals surface area (Å²) in [6, 6.07) is 7.96. The number of hydrogen-bond donors (Lipinski definition) is 1. The minimum absolute atomic E-state index is 0.0428. The first-order valence-electron chi connectivity index (χ1n) is 9.40. The SMILES string of the molecule is CCN1CCN(C(=O)c2cnc(NCCc3ccccc3OC)cn2)CC1. The van der Waals surface area contributed by atoms with Crippen molar-refractivity contribution < 1.29 is 9.53 Å². The Bertz CT molecular complexity index is 742. The van der Waals surface area contributed by atoms with Crippen molar-refractivity contribution in [2.75, 3.05) is 51.7 Å². The van der Waals surface area contributed by atoms with Crippen LogP contribution >= 0.6 is 0 Å². The number of rotatable bonds is 7. The molecule has 1 aromatic heterocycles. The smallest absolute Gasteiger partial charge is 0.274 e. The predicted molar refractivity (Wildman–Crippen MR) is 105 cm³/mol. The normalized spacial score (nSPS) is 14.8. The molecule has 0 bridgehead atoms. The Morgan fingerprint density at radius 3 is 2.59 bits per heavy atom. The van der Waals surface area contributed by atoms with E-state index in [1.54, 1.807) is 19.5 Å². The third-order valence-corrected chi connectivity index (χ3v) is 4.87. The molecule has 0 saturated carbocycles. The van der Waals surface area contributed by atoms with E-state index in [0.717, 1.165) is 50.5 Å². The molecule has 144 valence electrons. The van der Waals surface area contributed by atoms with Crippen LogP contribution in [0.1, 0.15) is 23.0 Å². The Morgan fingerprint density at radius 1 is 1.15 bits per heavy atom. The fraction of sp³-hybridized carbons (Fsp3) is 0.450. The molecule has 1 N–H and O–H groups in total. The van der Waals surface area contributed by atoms with Crippen molar-refractivity contribution in [2.24, 2.45) is 0 Å². The zero-order valence-electron chi connectivity index (χ0n) is 16.0. The van der Waals surface area contributed by atoms with Crippen LogP contribution in [-0.2, 0) is 6.42 Å². The quantitative estimate of drug-likeness (QED) is 0.804. The summed E-state index contributed by atoms with van der Waals surface area (Å²) in [6.07, 6.45) is 3.99. The first-order valence-corrected chi connectivity index (χ1v) is 9.40. The summed E-state index contributed by atoms with van der Waals surface area (Å²) in [4.78, 5) is 25.4. The van der Waals surface area contributed by atoms with E-state index in [9.17, 15) is 4.79 Å². The highest BCUT2D eigenvalue weighted by molar-refractivity contribution is 5.92. The number of para-hydroxylation sites is 1. The summed E-state index contributed by atoms with van der Waals surface area (Å²) >= 11 is 0. The van der Waals surface area contributed by atoms with Gasteiger partial charge in [-0.05, 0) is 24.6 Å². The standard InChI is InChI=1S/C20H27N5O2/c1-3-24-10-12-25(13-11-24)20(26)17-14-23-19(15-22-17)21-9-8-16-6-4-5-7-18(16)27-2/h4-7,14-15H,3,8-13H2,1-2H3,(H,21,23). The number of ether oxygens (including phenoxy) is 1. The molecule has 1 amide bonds. The summed E-state index contributed by atoms with van der Waals surface area (Å²) in [6.45, 7) is 7.19. The van der Waals surface area contributed by atoms with Crippen LogP contribution in [0, 0.1) is 0 Å². The van der Waals surface area contributed by atoms with Gasteiger partial charge < -0.3 is 19.9 Å². The summed E-state index contributed by atoms with van der Waals surface area (Å²) in [5.74, 6) is 1.51. The van der Waals surface area contributed by atoms with E-state index in [1.165, 1.54) is 0 Å². The third-order valence-electron chi connectivity index (χ3n) is 4.87. The van der Waals surface area contributed by atoms with Crippen LogP contribution in [0.2, 0.25) is 0 Å². The monoisotopic (exact) mass is 369 g/mol. The number of hydrogen-bond acceptors (Lipinski definition) is 6. The van der Waals surface area contributed by atoms with Crippen molar-refractivity contribution in [3.05, 3.63) is 47.9 Å². The Balaban J connectivity index is 1.50. The van der Waals surface area contributed by atoms with E-state index in [2.05, 4.69) is 27.1 Å². The molecule has 7 heteroatoms. The maximum Gasteiger partial charge on any atom is 0.274 e. The molecule has 1 saturated heterocycles. The molecule has 2 aromatic rings. The lowest BCUT2D eigenvalue weighted by Crippen LogP contribution is -2.48. The molecule has 1 aliphatic heterocycles. The second-order valence-electron chi connectivity index (χ2n) is 6.50. The first-order chi connectivity index (χ1) is 13.2. The van der Waals surface area contributed by atoms with Gasteiger partial charge in [0.05, 0.1) is 19.5 Å². The molecule has 0 atom stereocenters. The number of anilines is 1. The van der Waals surface area contributed by atoms with Gasteiger partial charge in [0.2, 0.25) is 0 Å². The van der Waals surface area contributed by atoms with Gasteiger partial charge in [-0.3, -0.25) is 4.79 Å². The second-order valence-corrected chi connectivity index (χ2v) is 6.50. The zero-order valence-corrected chi connectivity index (χ0v) is 16.0. The molecule has 0 unspecified atom stereocenters. The Kier molecular flexibility index (Phi) is 6.59. The van der Waals surface area contributed by atoms with Gasteiger partial charge >= 0.3 is 0 Å². The van der Waals surface area contributed by atoms with Crippen molar-refractivity contribution in [3.8, 4) is 5.75 Å². The van der Waals surface area contributed by atoms with Crippen LogP contribution in [0.5, 0.6) is 5.75 Å². The number of carbonyl (C=O) groups excluding carboxylic acids is 1. The van der Waals surface area contributed by atoms with Crippen molar-refractivity contribution >= 4 is 11.7 Å². The van der Waals surface area contributed by atoms with E-state index in [1.807, 2.05) is 29.2 Å². The Hall–Kier alpha value is -2.67. The molecular weight excluding hydrogens is 342 g/mol. The number of methoxy groups -OCH3 is 1. The topological polar surface area (TPSA) is 70.6 Å². The van der Waals surface area contributed by atoms with Gasteiger partial charge in [0.15, 0.2) is 0 Å². The molecule has 1 aromatic carbocycles. The van der Waals surface area contributed by atoms with Gasteiger partial charge in [0.25, 0.3) is 5.91 Å². The summed E-state index contributed by atoms with van der Waals surface area (Å²) in [5.41, 5.74) is 1.54. The molecule has 3 rings (SSSR count). The summed E-state index contributed by atoms with van der Waals surface area (Å²) in [7, 11) is 1.68. The average molecular weight is 369 g/mol. The minimum atomic E-state index is -0.0428. The van der Waals surface area contributed by atoms with Crippen LogP contribution in [0.4, 0.5) is 5.82 Å². The molecule has 2 heterocycles. The summed E-state index contributed by atoms with van der Waals surface area (Å²) < 4.78 is 5.36. The van der Waals surface area contributed by atoms with Crippen molar-refractivity contribution in [3.63, 3.8) is 0 Å². The van der Waals surface area contributed by atoms with Crippen LogP contribution in [0.3, 0.4) is 0 Å². The zero-order chi connectivity index (χ0) is 19.1. The number of nitrogens with one attached hydrogen (secondary N) is 1. The molecule has 0 spiro atoms. The van der Waals surface area contributed by atoms with Crippen LogP contribution in [0.15, 0.2) is 36.7 Å². The van der Waals surface area contributed by atoms with E-state index >= 15 is 0 Å². The lowest BCUT2D eigenvalue weighted by Gasteiger charge is -2.33. The van der Waals surface area contributed by atoms with E-state index < -0.39 is 0 Å². The molecule has 7 nitrogen and oxygen atoms in total. The van der Waals surface area contributed by atoms with Gasteiger partial charge in [-0.1, -0.05) is 25.1 Å². The van der Waals surface area contributed by atoms with Gasteiger partial charge in [0, 0.05) is 32.7 Å². The number of carbonyl (C=O) groups is 1. The van der Waals surface area contributed by atoms with E-state index in [-0.39, 0.29) is 5.91 Å². The van der Waals surface area contributed by atoms with Crippen molar-refractivity contribution in [1.29, 1.82) is 0 Å². The predicted octanol–water partition coefficient (Wildman–Crippen LogP) is 1.92. The van der Waals surface area contributed by atoms with Gasteiger partial charge in [-0.25, -0.2) is 9.97 Å². The van der Waals surface area contributed by atoms with Crippen LogP contribution in [-0.4, -0.2) is 72.1 Å². The molecule has 0 aliphatic carbocycles. The largest absolute Gasteiger partial charge is 0.496 e. The van der Waals surface area contributed by atoms with Crippen molar-refractivity contribution in [1.82, 2.24) is 19.8 Å². The fourth-order valence-corrected chi connectivity index (χ4v) is 3.19.